The second kappa shape index (κ2) is 5.31. The Labute approximate surface area is 103 Å². The van der Waals surface area contributed by atoms with Gasteiger partial charge in [0.1, 0.15) is 5.92 Å². The summed E-state index contributed by atoms with van der Waals surface area (Å²) in [5.41, 5.74) is 1.07. The number of aromatic carboxylic acids is 1. The molecule has 6 heteroatoms. The number of benzene rings is 1. The molecule has 1 rings (SSSR count). The van der Waals surface area contributed by atoms with Gasteiger partial charge in [-0.25, -0.2) is 4.79 Å². The molecular formula is C12H13NO5. The average molecular weight is 251 g/mol. The highest BCUT2D eigenvalue weighted by molar-refractivity contribution is 6.04. The van der Waals surface area contributed by atoms with Crippen LogP contribution in [0.4, 0.5) is 5.69 Å². The molecule has 1 unspecified atom stereocenters. The molecule has 1 aromatic carbocycles. The lowest BCUT2D eigenvalue weighted by atomic mass is 10.1. The van der Waals surface area contributed by atoms with E-state index in [9.17, 15) is 14.4 Å². The fourth-order valence-electron chi connectivity index (χ4n) is 1.29. The predicted octanol–water partition coefficient (Wildman–Crippen LogP) is 1.35. The number of carboxylic acids is 2. The first-order valence-electron chi connectivity index (χ1n) is 5.20. The third kappa shape index (κ3) is 3.07. The molecule has 1 amide bonds. The maximum absolute atomic E-state index is 11.5. The first-order valence-corrected chi connectivity index (χ1v) is 5.20. The summed E-state index contributed by atoms with van der Waals surface area (Å²) in [6.07, 6.45) is 0. The van der Waals surface area contributed by atoms with Crippen LogP contribution in [0.3, 0.4) is 0 Å². The SMILES string of the molecule is Cc1cc(C(=O)O)ccc1NC(=O)C(C)C(=O)O. The van der Waals surface area contributed by atoms with Crippen LogP contribution in [0.2, 0.25) is 0 Å². The number of anilines is 1. The van der Waals surface area contributed by atoms with Crippen LogP contribution in [0.5, 0.6) is 0 Å². The highest BCUT2D eigenvalue weighted by Gasteiger charge is 2.21. The van der Waals surface area contributed by atoms with E-state index < -0.39 is 23.8 Å². The van der Waals surface area contributed by atoms with Crippen molar-refractivity contribution in [2.24, 2.45) is 5.92 Å². The predicted molar refractivity (Wildman–Crippen MR) is 63.6 cm³/mol. The molecule has 0 aliphatic carbocycles. The molecular weight excluding hydrogens is 238 g/mol. The van der Waals surface area contributed by atoms with Gasteiger partial charge in [0.15, 0.2) is 0 Å². The van der Waals surface area contributed by atoms with Crippen LogP contribution in [0.1, 0.15) is 22.8 Å². The highest BCUT2D eigenvalue weighted by atomic mass is 16.4. The van der Waals surface area contributed by atoms with Gasteiger partial charge in [-0.1, -0.05) is 0 Å². The standard InChI is InChI=1S/C12H13NO5/c1-6-5-8(12(17)18)3-4-9(6)13-10(14)7(2)11(15)16/h3-5,7H,1-2H3,(H,13,14)(H,15,16)(H,17,18). The average Bonchev–Trinajstić information content (AvgIpc) is 2.30. The molecule has 0 spiro atoms. The molecule has 0 aliphatic rings. The minimum absolute atomic E-state index is 0.108. The monoisotopic (exact) mass is 251 g/mol. The number of rotatable bonds is 4. The molecule has 3 N–H and O–H groups in total. The van der Waals surface area contributed by atoms with Gasteiger partial charge in [0.25, 0.3) is 0 Å². The third-order valence-corrected chi connectivity index (χ3v) is 2.49. The lowest BCUT2D eigenvalue weighted by Gasteiger charge is -2.11. The van der Waals surface area contributed by atoms with Crippen LogP contribution in [-0.2, 0) is 9.59 Å². The van der Waals surface area contributed by atoms with E-state index in [4.69, 9.17) is 10.2 Å². The van der Waals surface area contributed by atoms with E-state index >= 15 is 0 Å². The minimum Gasteiger partial charge on any atom is -0.481 e. The maximum atomic E-state index is 11.5. The second-order valence-corrected chi connectivity index (χ2v) is 3.88. The first kappa shape index (κ1) is 13.7. The van der Waals surface area contributed by atoms with E-state index in [0.29, 0.717) is 11.3 Å². The maximum Gasteiger partial charge on any atom is 0.335 e. The minimum atomic E-state index is -1.22. The van der Waals surface area contributed by atoms with Crippen molar-refractivity contribution >= 4 is 23.5 Å². The molecule has 0 aliphatic heterocycles. The molecule has 0 radical (unpaired) electrons. The van der Waals surface area contributed by atoms with Crippen LogP contribution in [0.25, 0.3) is 0 Å². The topological polar surface area (TPSA) is 104 Å². The van der Waals surface area contributed by atoms with Crippen LogP contribution in [0, 0.1) is 12.8 Å². The van der Waals surface area contributed by atoms with E-state index in [2.05, 4.69) is 5.32 Å². The van der Waals surface area contributed by atoms with E-state index in [1.54, 1.807) is 6.92 Å². The number of amides is 1. The van der Waals surface area contributed by atoms with Crippen LogP contribution in [-0.4, -0.2) is 28.1 Å². The van der Waals surface area contributed by atoms with Gasteiger partial charge in [0, 0.05) is 5.69 Å². The second-order valence-electron chi connectivity index (χ2n) is 3.88. The quantitative estimate of drug-likeness (QED) is 0.701. The smallest absolute Gasteiger partial charge is 0.335 e. The number of aliphatic carboxylic acids is 1. The summed E-state index contributed by atoms with van der Waals surface area (Å²) in [4.78, 5) is 32.9. The molecule has 0 heterocycles. The van der Waals surface area contributed by atoms with Gasteiger partial charge < -0.3 is 15.5 Å². The molecule has 0 aromatic heterocycles. The van der Waals surface area contributed by atoms with Crippen molar-refractivity contribution in [3.8, 4) is 0 Å². The number of carbonyl (C=O) groups excluding carboxylic acids is 1. The van der Waals surface area contributed by atoms with Crippen molar-refractivity contribution < 1.29 is 24.6 Å². The van der Waals surface area contributed by atoms with Crippen LogP contribution in [0.15, 0.2) is 18.2 Å². The fraction of sp³-hybridized carbons (Fsp3) is 0.250. The normalized spacial score (nSPS) is 11.7. The number of carbonyl (C=O) groups is 3. The fourth-order valence-corrected chi connectivity index (χ4v) is 1.29. The zero-order valence-electron chi connectivity index (χ0n) is 9.93. The van der Waals surface area contributed by atoms with Crippen molar-refractivity contribution in [3.63, 3.8) is 0 Å². The summed E-state index contributed by atoms with van der Waals surface area (Å²) in [7, 11) is 0. The lowest BCUT2D eigenvalue weighted by molar-refractivity contribution is -0.144. The third-order valence-electron chi connectivity index (χ3n) is 2.49. The van der Waals surface area contributed by atoms with Gasteiger partial charge in [0.2, 0.25) is 5.91 Å². The molecule has 18 heavy (non-hydrogen) atoms. The van der Waals surface area contributed by atoms with Gasteiger partial charge in [-0.05, 0) is 37.6 Å². The lowest BCUT2D eigenvalue weighted by Crippen LogP contribution is -2.27. The number of nitrogens with one attached hydrogen (secondary N) is 1. The summed E-state index contributed by atoms with van der Waals surface area (Å²) in [6, 6.07) is 4.19. The summed E-state index contributed by atoms with van der Waals surface area (Å²) < 4.78 is 0. The molecule has 0 bridgehead atoms. The van der Waals surface area contributed by atoms with Gasteiger partial charge in [-0.3, -0.25) is 9.59 Å². The van der Waals surface area contributed by atoms with Gasteiger partial charge in [-0.15, -0.1) is 0 Å². The Balaban J connectivity index is 2.89. The molecule has 96 valence electrons. The molecule has 0 saturated carbocycles. The summed E-state index contributed by atoms with van der Waals surface area (Å²) >= 11 is 0. The number of hydrogen-bond donors (Lipinski definition) is 3. The zero-order chi connectivity index (χ0) is 13.9. The van der Waals surface area contributed by atoms with Crippen molar-refractivity contribution in [2.75, 3.05) is 5.32 Å². The Morgan fingerprint density at radius 2 is 1.83 bits per heavy atom. The molecule has 6 nitrogen and oxygen atoms in total. The Hall–Kier alpha value is -2.37. The number of aryl methyl sites for hydroxylation is 1. The summed E-state index contributed by atoms with van der Waals surface area (Å²) in [5, 5.41) is 19.9. The molecule has 0 fully saturated rings. The molecule has 1 aromatic rings. The Morgan fingerprint density at radius 3 is 2.28 bits per heavy atom. The van der Waals surface area contributed by atoms with E-state index in [-0.39, 0.29) is 5.56 Å². The van der Waals surface area contributed by atoms with Gasteiger partial charge in [-0.2, -0.15) is 0 Å². The zero-order valence-corrected chi connectivity index (χ0v) is 9.93. The van der Waals surface area contributed by atoms with E-state index in [0.717, 1.165) is 0 Å². The van der Waals surface area contributed by atoms with Crippen molar-refractivity contribution in [1.29, 1.82) is 0 Å². The van der Waals surface area contributed by atoms with E-state index in [1.807, 2.05) is 0 Å². The Morgan fingerprint density at radius 1 is 1.22 bits per heavy atom. The summed E-state index contributed by atoms with van der Waals surface area (Å²) in [6.45, 7) is 2.91. The van der Waals surface area contributed by atoms with Gasteiger partial charge >= 0.3 is 11.9 Å². The van der Waals surface area contributed by atoms with Crippen molar-refractivity contribution in [3.05, 3.63) is 29.3 Å². The Kier molecular flexibility index (Phi) is 4.04. The van der Waals surface area contributed by atoms with Crippen LogP contribution < -0.4 is 5.32 Å². The van der Waals surface area contributed by atoms with Crippen molar-refractivity contribution in [1.82, 2.24) is 0 Å². The number of carboxylic acid groups (broad SMARTS) is 2. The summed E-state index contributed by atoms with van der Waals surface area (Å²) in [5.74, 6) is -4.08. The number of hydrogen-bond acceptors (Lipinski definition) is 3. The van der Waals surface area contributed by atoms with Crippen molar-refractivity contribution in [2.45, 2.75) is 13.8 Å². The first-order chi connectivity index (χ1) is 8.32. The molecule has 0 saturated heterocycles. The Bertz CT molecular complexity index is 509. The molecule has 1 atom stereocenters. The van der Waals surface area contributed by atoms with E-state index in [1.165, 1.54) is 25.1 Å². The van der Waals surface area contributed by atoms with Gasteiger partial charge in [0.05, 0.1) is 5.56 Å². The van der Waals surface area contributed by atoms with Crippen LogP contribution >= 0.6 is 0 Å². The largest absolute Gasteiger partial charge is 0.481 e. The highest BCUT2D eigenvalue weighted by Crippen LogP contribution is 2.17.